The number of nitrogens with zero attached hydrogens (tertiary/aromatic N) is 2. The summed E-state index contributed by atoms with van der Waals surface area (Å²) in [6, 6.07) is 18.8. The number of rotatable bonds is 5. The largest absolute Gasteiger partial charge is 0.330 e. The molecule has 0 saturated heterocycles. The van der Waals surface area contributed by atoms with Crippen LogP contribution < -0.4 is 5.73 Å². The van der Waals surface area contributed by atoms with Gasteiger partial charge in [-0.2, -0.15) is 5.10 Å². The Labute approximate surface area is 131 Å². The fourth-order valence-corrected chi connectivity index (χ4v) is 2.61. The lowest BCUT2D eigenvalue weighted by atomic mass is 9.96. The van der Waals surface area contributed by atoms with E-state index in [1.54, 1.807) is 0 Å². The van der Waals surface area contributed by atoms with Crippen molar-refractivity contribution in [3.63, 3.8) is 0 Å². The third-order valence-corrected chi connectivity index (χ3v) is 4.02. The van der Waals surface area contributed by atoms with Crippen molar-refractivity contribution in [2.45, 2.75) is 19.3 Å². The van der Waals surface area contributed by atoms with Crippen LogP contribution in [0.2, 0.25) is 0 Å². The van der Waals surface area contributed by atoms with Crippen LogP contribution in [0, 0.1) is 0 Å². The van der Waals surface area contributed by atoms with Gasteiger partial charge in [0, 0.05) is 11.8 Å². The highest BCUT2D eigenvalue weighted by Gasteiger charge is 2.06. The first-order valence-corrected chi connectivity index (χ1v) is 7.68. The lowest BCUT2D eigenvalue weighted by Gasteiger charge is -2.10. The second kappa shape index (κ2) is 6.58. The maximum atomic E-state index is 5.63. The third kappa shape index (κ3) is 3.10. The monoisotopic (exact) mass is 291 g/mol. The molecule has 1 unspecified atom stereocenters. The summed E-state index contributed by atoms with van der Waals surface area (Å²) in [7, 11) is 0. The van der Waals surface area contributed by atoms with E-state index in [2.05, 4.69) is 42.5 Å². The molecule has 2 N–H and O–H groups in total. The van der Waals surface area contributed by atoms with Crippen molar-refractivity contribution < 1.29 is 0 Å². The van der Waals surface area contributed by atoms with Crippen LogP contribution in [-0.2, 0) is 0 Å². The Bertz CT molecular complexity index is 714. The van der Waals surface area contributed by atoms with Crippen LogP contribution in [0.5, 0.6) is 0 Å². The van der Waals surface area contributed by atoms with Crippen molar-refractivity contribution in [2.75, 3.05) is 6.54 Å². The van der Waals surface area contributed by atoms with E-state index in [0.29, 0.717) is 5.92 Å². The van der Waals surface area contributed by atoms with Crippen LogP contribution in [0.15, 0.2) is 67.0 Å². The smallest absolute Gasteiger partial charge is 0.0645 e. The maximum Gasteiger partial charge on any atom is 0.0645 e. The number of nitrogens with two attached hydrogens (primary N) is 1. The lowest BCUT2D eigenvalue weighted by molar-refractivity contribution is 0.690. The zero-order chi connectivity index (χ0) is 15.4. The van der Waals surface area contributed by atoms with Crippen LogP contribution in [0.1, 0.15) is 24.8 Å². The van der Waals surface area contributed by atoms with Gasteiger partial charge in [0.1, 0.15) is 0 Å². The first kappa shape index (κ1) is 14.5. The van der Waals surface area contributed by atoms with Crippen LogP contribution in [0.25, 0.3) is 16.8 Å². The van der Waals surface area contributed by atoms with E-state index in [1.165, 1.54) is 11.1 Å². The highest BCUT2D eigenvalue weighted by molar-refractivity contribution is 5.62. The quantitative estimate of drug-likeness (QED) is 0.772. The second-order valence-electron chi connectivity index (χ2n) is 5.61. The minimum atomic E-state index is 0.506. The maximum absolute atomic E-state index is 5.63. The number of hydrogen-bond acceptors (Lipinski definition) is 2. The average Bonchev–Trinajstić information content (AvgIpc) is 3.06. The zero-order valence-electron chi connectivity index (χ0n) is 12.8. The third-order valence-electron chi connectivity index (χ3n) is 4.02. The van der Waals surface area contributed by atoms with Crippen molar-refractivity contribution in [1.82, 2.24) is 9.78 Å². The van der Waals surface area contributed by atoms with E-state index >= 15 is 0 Å². The van der Waals surface area contributed by atoms with Gasteiger partial charge in [-0.25, -0.2) is 4.68 Å². The van der Waals surface area contributed by atoms with Crippen LogP contribution in [0.4, 0.5) is 0 Å². The van der Waals surface area contributed by atoms with Crippen LogP contribution in [0.3, 0.4) is 0 Å². The molecular weight excluding hydrogens is 270 g/mol. The summed E-state index contributed by atoms with van der Waals surface area (Å²) < 4.78 is 1.90. The molecule has 3 nitrogen and oxygen atoms in total. The van der Waals surface area contributed by atoms with Crippen molar-refractivity contribution in [1.29, 1.82) is 0 Å². The number of benzene rings is 2. The lowest BCUT2D eigenvalue weighted by Crippen LogP contribution is -2.04. The van der Waals surface area contributed by atoms with Gasteiger partial charge in [0.25, 0.3) is 0 Å². The Hall–Kier alpha value is -2.39. The normalized spacial score (nSPS) is 12.3. The molecule has 0 spiro atoms. The molecule has 3 aromatic rings. The van der Waals surface area contributed by atoms with Gasteiger partial charge < -0.3 is 5.73 Å². The molecular formula is C19H21N3. The molecule has 3 heteroatoms. The van der Waals surface area contributed by atoms with Gasteiger partial charge in [-0.05, 0) is 42.1 Å². The Morgan fingerprint density at radius 3 is 2.41 bits per heavy atom. The van der Waals surface area contributed by atoms with Gasteiger partial charge in [-0.1, -0.05) is 49.4 Å². The summed E-state index contributed by atoms with van der Waals surface area (Å²) in [4.78, 5) is 0. The van der Waals surface area contributed by atoms with Crippen LogP contribution >= 0.6 is 0 Å². The predicted molar refractivity (Wildman–Crippen MR) is 91.1 cm³/mol. The van der Waals surface area contributed by atoms with E-state index in [1.807, 2.05) is 41.2 Å². The molecule has 2 aromatic carbocycles. The predicted octanol–water partition coefficient (Wildman–Crippen LogP) is 3.99. The minimum absolute atomic E-state index is 0.506. The molecule has 0 aliphatic rings. The molecule has 0 fully saturated rings. The minimum Gasteiger partial charge on any atom is -0.330 e. The fraction of sp³-hybridized carbons (Fsp3) is 0.211. The molecule has 1 heterocycles. The summed E-state index contributed by atoms with van der Waals surface area (Å²) in [5, 5.41) is 4.45. The molecule has 112 valence electrons. The highest BCUT2D eigenvalue weighted by Crippen LogP contribution is 2.24. The molecule has 0 bridgehead atoms. The molecule has 0 aliphatic heterocycles. The molecule has 3 rings (SSSR count). The molecule has 22 heavy (non-hydrogen) atoms. The summed E-state index contributed by atoms with van der Waals surface area (Å²) in [6.45, 7) is 2.95. The number of aromatic nitrogens is 2. The van der Waals surface area contributed by atoms with Crippen molar-refractivity contribution in [2.24, 2.45) is 5.73 Å². The molecule has 0 saturated carbocycles. The van der Waals surface area contributed by atoms with Gasteiger partial charge in [-0.3, -0.25) is 0 Å². The van der Waals surface area contributed by atoms with E-state index in [9.17, 15) is 0 Å². The highest BCUT2D eigenvalue weighted by atomic mass is 15.3. The Balaban J connectivity index is 1.82. The van der Waals surface area contributed by atoms with E-state index in [0.717, 1.165) is 24.2 Å². The van der Waals surface area contributed by atoms with Crippen molar-refractivity contribution in [3.05, 3.63) is 72.6 Å². The molecule has 0 radical (unpaired) electrons. The number of para-hydroxylation sites is 1. The molecule has 1 atom stereocenters. The first-order chi connectivity index (χ1) is 10.8. The van der Waals surface area contributed by atoms with E-state index < -0.39 is 0 Å². The zero-order valence-corrected chi connectivity index (χ0v) is 12.8. The van der Waals surface area contributed by atoms with Gasteiger partial charge in [-0.15, -0.1) is 0 Å². The van der Waals surface area contributed by atoms with Crippen LogP contribution in [-0.4, -0.2) is 16.3 Å². The van der Waals surface area contributed by atoms with Crippen molar-refractivity contribution >= 4 is 0 Å². The summed E-state index contributed by atoms with van der Waals surface area (Å²) in [6.07, 6.45) is 4.99. The fourth-order valence-electron chi connectivity index (χ4n) is 2.61. The van der Waals surface area contributed by atoms with Gasteiger partial charge in [0.2, 0.25) is 0 Å². The van der Waals surface area contributed by atoms with E-state index in [-0.39, 0.29) is 0 Å². The Kier molecular flexibility index (Phi) is 4.35. The van der Waals surface area contributed by atoms with Crippen molar-refractivity contribution in [3.8, 4) is 16.8 Å². The van der Waals surface area contributed by atoms with Gasteiger partial charge in [0.15, 0.2) is 0 Å². The Morgan fingerprint density at radius 2 is 1.73 bits per heavy atom. The molecule has 0 amide bonds. The summed E-state index contributed by atoms with van der Waals surface area (Å²) >= 11 is 0. The van der Waals surface area contributed by atoms with Gasteiger partial charge in [0.05, 0.1) is 11.9 Å². The summed E-state index contributed by atoms with van der Waals surface area (Å²) in [5.41, 5.74) is 10.4. The average molecular weight is 291 g/mol. The van der Waals surface area contributed by atoms with E-state index in [4.69, 9.17) is 5.73 Å². The second-order valence-corrected chi connectivity index (χ2v) is 5.61. The topological polar surface area (TPSA) is 43.8 Å². The number of hydrogen-bond donors (Lipinski definition) is 1. The molecule has 0 aliphatic carbocycles. The SMILES string of the molecule is CC(CCN)c1ccc(-c2cnn(-c3ccccc3)c2)cc1. The Morgan fingerprint density at radius 1 is 1.00 bits per heavy atom. The first-order valence-electron chi connectivity index (χ1n) is 7.68. The summed E-state index contributed by atoms with van der Waals surface area (Å²) in [5.74, 6) is 0.506. The molecule has 1 aromatic heterocycles. The standard InChI is InChI=1S/C19H21N3/c1-15(11-12-20)16-7-9-17(10-8-16)18-13-21-22(14-18)19-5-3-2-4-6-19/h2-10,13-15H,11-12,20H2,1H3. The van der Waals surface area contributed by atoms with Gasteiger partial charge >= 0.3 is 0 Å².